The lowest BCUT2D eigenvalue weighted by molar-refractivity contribution is 0.0681. The van der Waals surface area contributed by atoms with Gasteiger partial charge in [-0.3, -0.25) is 4.79 Å². The van der Waals surface area contributed by atoms with Crippen molar-refractivity contribution >= 4 is 5.91 Å². The van der Waals surface area contributed by atoms with Crippen molar-refractivity contribution in [3.63, 3.8) is 0 Å². The molecule has 0 spiro atoms. The van der Waals surface area contributed by atoms with Gasteiger partial charge in [0, 0.05) is 18.9 Å². The molecule has 6 heteroatoms. The lowest BCUT2D eigenvalue weighted by Gasteiger charge is -2.37. The van der Waals surface area contributed by atoms with E-state index in [1.165, 1.54) is 0 Å². The first-order valence-electron chi connectivity index (χ1n) is 9.10. The minimum absolute atomic E-state index is 0.185. The average molecular weight is 375 g/mol. The third-order valence-electron chi connectivity index (χ3n) is 5.01. The number of aromatic nitrogens is 2. The molecule has 28 heavy (non-hydrogen) atoms. The summed E-state index contributed by atoms with van der Waals surface area (Å²) < 4.78 is 11.0. The Morgan fingerprint density at radius 3 is 2.36 bits per heavy atom. The van der Waals surface area contributed by atoms with E-state index in [4.69, 9.17) is 9.47 Å². The number of benzene rings is 2. The van der Waals surface area contributed by atoms with Gasteiger partial charge in [-0.25, -0.2) is 9.97 Å². The highest BCUT2D eigenvalue weighted by molar-refractivity contribution is 5.91. The summed E-state index contributed by atoms with van der Waals surface area (Å²) in [6, 6.07) is 15.4. The van der Waals surface area contributed by atoms with Gasteiger partial charge < -0.3 is 14.4 Å². The van der Waals surface area contributed by atoms with Crippen LogP contribution in [-0.4, -0.2) is 41.5 Å². The lowest BCUT2D eigenvalue weighted by atomic mass is 9.87. The summed E-state index contributed by atoms with van der Waals surface area (Å²) >= 11 is 0. The second-order valence-electron chi connectivity index (χ2n) is 6.54. The summed E-state index contributed by atoms with van der Waals surface area (Å²) in [6.45, 7) is 0.569. The number of carbonyl (C=O) groups is 1. The molecule has 0 saturated carbocycles. The average Bonchev–Trinajstić information content (AvgIpc) is 2.77. The minimum atomic E-state index is -0.249. The molecule has 1 atom stereocenters. The van der Waals surface area contributed by atoms with Crippen LogP contribution in [0.4, 0.5) is 0 Å². The number of carbonyl (C=O) groups excluding carboxylic acids is 1. The Kier molecular flexibility index (Phi) is 4.93. The van der Waals surface area contributed by atoms with Crippen molar-refractivity contribution in [1.82, 2.24) is 14.9 Å². The smallest absolute Gasteiger partial charge is 0.292 e. The molecule has 0 saturated heterocycles. The highest BCUT2D eigenvalue weighted by Crippen LogP contribution is 2.41. The Balaban J connectivity index is 1.84. The Morgan fingerprint density at radius 1 is 1.00 bits per heavy atom. The van der Waals surface area contributed by atoms with Crippen LogP contribution in [0, 0.1) is 0 Å². The van der Waals surface area contributed by atoms with Crippen molar-refractivity contribution in [1.29, 1.82) is 0 Å². The van der Waals surface area contributed by atoms with Gasteiger partial charge in [-0.05, 0) is 41.3 Å². The molecule has 1 unspecified atom stereocenters. The number of methoxy groups -OCH3 is 2. The van der Waals surface area contributed by atoms with Crippen molar-refractivity contribution in [2.75, 3.05) is 20.8 Å². The fraction of sp³-hybridized carbons (Fsp3) is 0.227. The van der Waals surface area contributed by atoms with Crippen molar-refractivity contribution in [3.05, 3.63) is 83.4 Å². The molecule has 1 amide bonds. The van der Waals surface area contributed by atoms with E-state index in [9.17, 15) is 4.79 Å². The van der Waals surface area contributed by atoms with Gasteiger partial charge in [0.05, 0.1) is 20.3 Å². The highest BCUT2D eigenvalue weighted by atomic mass is 16.5. The largest absolute Gasteiger partial charge is 0.493 e. The predicted molar refractivity (Wildman–Crippen MR) is 105 cm³/mol. The van der Waals surface area contributed by atoms with Gasteiger partial charge in [0.2, 0.25) is 5.82 Å². The van der Waals surface area contributed by atoms with E-state index in [1.807, 2.05) is 47.4 Å². The zero-order valence-electron chi connectivity index (χ0n) is 15.8. The topological polar surface area (TPSA) is 64.6 Å². The van der Waals surface area contributed by atoms with Gasteiger partial charge in [-0.2, -0.15) is 0 Å². The molecule has 0 fully saturated rings. The first-order valence-corrected chi connectivity index (χ1v) is 9.10. The monoisotopic (exact) mass is 375 g/mol. The Hall–Kier alpha value is -3.41. The molecule has 1 aliphatic heterocycles. The van der Waals surface area contributed by atoms with Crippen molar-refractivity contribution in [2.24, 2.45) is 0 Å². The fourth-order valence-corrected chi connectivity index (χ4v) is 3.70. The first kappa shape index (κ1) is 18.0. The number of rotatable bonds is 4. The number of amides is 1. The summed E-state index contributed by atoms with van der Waals surface area (Å²) in [5.41, 5.74) is 3.20. The fourth-order valence-electron chi connectivity index (χ4n) is 3.70. The predicted octanol–water partition coefficient (Wildman–Crippen LogP) is 3.28. The van der Waals surface area contributed by atoms with Gasteiger partial charge in [0.1, 0.15) is 0 Å². The molecule has 1 aliphatic rings. The molecule has 0 N–H and O–H groups in total. The molecule has 3 aromatic rings. The van der Waals surface area contributed by atoms with Gasteiger partial charge in [0.15, 0.2) is 11.5 Å². The number of hydrogen-bond donors (Lipinski definition) is 0. The summed E-state index contributed by atoms with van der Waals surface area (Å²) in [6.07, 6.45) is 3.89. The van der Waals surface area contributed by atoms with Crippen LogP contribution in [0.2, 0.25) is 0 Å². The number of fused-ring (bicyclic) bond motifs is 1. The quantitative estimate of drug-likeness (QED) is 0.700. The maximum atomic E-state index is 13.2. The Morgan fingerprint density at radius 2 is 1.68 bits per heavy atom. The van der Waals surface area contributed by atoms with Gasteiger partial charge in [0.25, 0.3) is 5.91 Å². The molecular formula is C22H21N3O3. The van der Waals surface area contributed by atoms with Crippen LogP contribution in [0.25, 0.3) is 0 Å². The van der Waals surface area contributed by atoms with E-state index in [0.717, 1.165) is 23.1 Å². The van der Waals surface area contributed by atoms with E-state index >= 15 is 0 Å². The van der Waals surface area contributed by atoms with Gasteiger partial charge in [-0.15, -0.1) is 0 Å². The zero-order valence-corrected chi connectivity index (χ0v) is 15.8. The SMILES string of the molecule is COc1cc2c(cc1OC)C(c1ccccc1)N(C(=O)c1ncccn1)CC2. The van der Waals surface area contributed by atoms with Crippen molar-refractivity contribution in [2.45, 2.75) is 12.5 Å². The second kappa shape index (κ2) is 7.68. The van der Waals surface area contributed by atoms with E-state index in [1.54, 1.807) is 32.7 Å². The first-order chi connectivity index (χ1) is 13.7. The van der Waals surface area contributed by atoms with E-state index in [0.29, 0.717) is 18.0 Å². The Labute approximate surface area is 163 Å². The molecule has 0 bridgehead atoms. The van der Waals surface area contributed by atoms with Crippen LogP contribution in [0.15, 0.2) is 60.9 Å². The van der Waals surface area contributed by atoms with E-state index in [2.05, 4.69) is 9.97 Å². The van der Waals surface area contributed by atoms with Crippen molar-refractivity contribution in [3.8, 4) is 11.5 Å². The molecule has 0 aliphatic carbocycles. The maximum absolute atomic E-state index is 13.2. The van der Waals surface area contributed by atoms with Gasteiger partial charge >= 0.3 is 0 Å². The summed E-state index contributed by atoms with van der Waals surface area (Å²) in [4.78, 5) is 23.4. The summed E-state index contributed by atoms with van der Waals surface area (Å²) in [5.74, 6) is 1.36. The zero-order chi connectivity index (χ0) is 19.5. The maximum Gasteiger partial charge on any atom is 0.292 e. The third kappa shape index (κ3) is 3.17. The highest BCUT2D eigenvalue weighted by Gasteiger charge is 2.34. The molecule has 6 nitrogen and oxygen atoms in total. The molecule has 2 aromatic carbocycles. The van der Waals surface area contributed by atoms with Crippen LogP contribution >= 0.6 is 0 Å². The normalized spacial score (nSPS) is 15.6. The standard InChI is InChI=1S/C22H21N3O3/c1-27-18-13-16-9-12-25(22(26)21-23-10-6-11-24-21)20(15-7-4-3-5-8-15)17(16)14-19(18)28-2/h3-8,10-11,13-14,20H,9,12H2,1-2H3. The number of ether oxygens (including phenoxy) is 2. The lowest BCUT2D eigenvalue weighted by Crippen LogP contribution is -2.41. The second-order valence-corrected chi connectivity index (χ2v) is 6.54. The third-order valence-corrected chi connectivity index (χ3v) is 5.01. The molecule has 0 radical (unpaired) electrons. The van der Waals surface area contributed by atoms with E-state index in [-0.39, 0.29) is 17.8 Å². The van der Waals surface area contributed by atoms with Crippen LogP contribution in [0.5, 0.6) is 11.5 Å². The van der Waals surface area contributed by atoms with Crippen LogP contribution in [-0.2, 0) is 6.42 Å². The van der Waals surface area contributed by atoms with Crippen LogP contribution in [0.3, 0.4) is 0 Å². The number of nitrogens with zero attached hydrogens (tertiary/aromatic N) is 3. The van der Waals surface area contributed by atoms with Crippen molar-refractivity contribution < 1.29 is 14.3 Å². The summed E-state index contributed by atoms with van der Waals surface area (Å²) in [7, 11) is 3.25. The molecule has 1 aromatic heterocycles. The Bertz CT molecular complexity index is 977. The molecule has 142 valence electrons. The molecular weight excluding hydrogens is 354 g/mol. The van der Waals surface area contributed by atoms with Crippen LogP contribution < -0.4 is 9.47 Å². The minimum Gasteiger partial charge on any atom is -0.493 e. The van der Waals surface area contributed by atoms with E-state index < -0.39 is 0 Å². The molecule has 2 heterocycles. The van der Waals surface area contributed by atoms with Crippen LogP contribution in [0.1, 0.15) is 33.4 Å². The molecule has 4 rings (SSSR count). The number of hydrogen-bond acceptors (Lipinski definition) is 5. The van der Waals surface area contributed by atoms with Gasteiger partial charge in [-0.1, -0.05) is 30.3 Å². The summed E-state index contributed by atoms with van der Waals surface area (Å²) in [5, 5.41) is 0.